The number of nitrogens with zero attached hydrogens (tertiary/aromatic N) is 1. The summed E-state index contributed by atoms with van der Waals surface area (Å²) in [4.78, 5) is 14.4. The molecule has 0 amide bonds. The normalized spacial score (nSPS) is 10.1. The number of carbonyl (C=O) groups excluding carboxylic acids is 1. The highest BCUT2D eigenvalue weighted by molar-refractivity contribution is 5.80. The van der Waals surface area contributed by atoms with Crippen LogP contribution in [0, 0.1) is 0 Å². The zero-order chi connectivity index (χ0) is 10.8. The van der Waals surface area contributed by atoms with Gasteiger partial charge in [0.15, 0.2) is 5.96 Å². The smallest absolute Gasteiger partial charge is 0.327 e. The van der Waals surface area contributed by atoms with Gasteiger partial charge in [0.1, 0.15) is 6.54 Å². The van der Waals surface area contributed by atoms with Gasteiger partial charge in [-0.3, -0.25) is 4.79 Å². The molecule has 0 aromatic rings. The quantitative estimate of drug-likeness (QED) is 0.209. The van der Waals surface area contributed by atoms with Crippen molar-refractivity contribution in [3.63, 3.8) is 0 Å². The predicted octanol–water partition coefficient (Wildman–Crippen LogP) is 0.159. The van der Waals surface area contributed by atoms with Crippen LogP contribution in [0.1, 0.15) is 19.8 Å². The van der Waals surface area contributed by atoms with Gasteiger partial charge >= 0.3 is 5.97 Å². The standard InChI is InChI=1S/C9H17N3O2/c1-2-3-4-5-6-14-8(13)7-12-9(10)11/h3-4H,2,5-7H2,1H3,(H4,10,11,12)/b4-3-. The molecule has 14 heavy (non-hydrogen) atoms. The lowest BCUT2D eigenvalue weighted by atomic mass is 10.3. The van der Waals surface area contributed by atoms with E-state index in [1.165, 1.54) is 0 Å². The second kappa shape index (κ2) is 8.10. The number of rotatable bonds is 6. The lowest BCUT2D eigenvalue weighted by Gasteiger charge is -1.99. The molecule has 0 atom stereocenters. The van der Waals surface area contributed by atoms with Crippen LogP contribution < -0.4 is 11.5 Å². The van der Waals surface area contributed by atoms with Crippen LogP contribution in [-0.4, -0.2) is 25.1 Å². The first-order valence-corrected chi connectivity index (χ1v) is 4.52. The van der Waals surface area contributed by atoms with Crippen LogP contribution in [0.3, 0.4) is 0 Å². The van der Waals surface area contributed by atoms with Gasteiger partial charge in [-0.05, 0) is 12.8 Å². The molecule has 0 radical (unpaired) electrons. The topological polar surface area (TPSA) is 90.7 Å². The number of ether oxygens (including phenoxy) is 1. The van der Waals surface area contributed by atoms with E-state index in [0.29, 0.717) is 6.61 Å². The first-order chi connectivity index (χ1) is 6.66. The third-order valence-electron chi connectivity index (χ3n) is 1.34. The van der Waals surface area contributed by atoms with Crippen LogP contribution in [0.2, 0.25) is 0 Å². The minimum Gasteiger partial charge on any atom is -0.464 e. The molecule has 5 heteroatoms. The SMILES string of the molecule is CC/C=C\CCOC(=O)CN=C(N)N. The van der Waals surface area contributed by atoms with E-state index in [1.807, 2.05) is 19.1 Å². The van der Waals surface area contributed by atoms with E-state index >= 15 is 0 Å². The van der Waals surface area contributed by atoms with Crippen molar-refractivity contribution in [2.24, 2.45) is 16.5 Å². The summed E-state index contributed by atoms with van der Waals surface area (Å²) in [5.41, 5.74) is 10.1. The van der Waals surface area contributed by atoms with Gasteiger partial charge in [0.2, 0.25) is 0 Å². The molecule has 0 bridgehead atoms. The summed E-state index contributed by atoms with van der Waals surface area (Å²) in [7, 11) is 0. The van der Waals surface area contributed by atoms with Gasteiger partial charge in [0, 0.05) is 0 Å². The monoisotopic (exact) mass is 199 g/mol. The fourth-order valence-electron chi connectivity index (χ4n) is 0.727. The molecule has 0 saturated carbocycles. The van der Waals surface area contributed by atoms with Crippen LogP contribution in [-0.2, 0) is 9.53 Å². The van der Waals surface area contributed by atoms with Crippen molar-refractivity contribution in [1.82, 2.24) is 0 Å². The minimum absolute atomic E-state index is 0.104. The number of allylic oxidation sites excluding steroid dienone is 1. The van der Waals surface area contributed by atoms with Crippen LogP contribution in [0.4, 0.5) is 0 Å². The summed E-state index contributed by atoms with van der Waals surface area (Å²) >= 11 is 0. The van der Waals surface area contributed by atoms with Crippen LogP contribution in [0.25, 0.3) is 0 Å². The number of nitrogens with two attached hydrogens (primary N) is 2. The Morgan fingerprint density at radius 3 is 2.71 bits per heavy atom. The van der Waals surface area contributed by atoms with Gasteiger partial charge in [-0.25, -0.2) is 4.99 Å². The van der Waals surface area contributed by atoms with E-state index < -0.39 is 5.97 Å². The molecule has 0 saturated heterocycles. The molecule has 0 aromatic heterocycles. The Morgan fingerprint density at radius 2 is 2.14 bits per heavy atom. The van der Waals surface area contributed by atoms with Gasteiger partial charge in [-0.2, -0.15) is 0 Å². The van der Waals surface area contributed by atoms with E-state index in [-0.39, 0.29) is 12.5 Å². The molecule has 0 aromatic carbocycles. The highest BCUT2D eigenvalue weighted by Gasteiger charge is 1.99. The van der Waals surface area contributed by atoms with Crippen LogP contribution in [0.15, 0.2) is 17.1 Å². The van der Waals surface area contributed by atoms with Crippen molar-refractivity contribution in [2.75, 3.05) is 13.2 Å². The van der Waals surface area contributed by atoms with Crippen molar-refractivity contribution >= 4 is 11.9 Å². The molecular weight excluding hydrogens is 182 g/mol. The number of guanidine groups is 1. The van der Waals surface area contributed by atoms with Crippen molar-refractivity contribution < 1.29 is 9.53 Å². The number of esters is 1. The molecule has 0 fully saturated rings. The maximum absolute atomic E-state index is 10.9. The fourth-order valence-corrected chi connectivity index (χ4v) is 0.727. The summed E-state index contributed by atoms with van der Waals surface area (Å²) in [5, 5.41) is 0. The van der Waals surface area contributed by atoms with Gasteiger partial charge in [-0.1, -0.05) is 19.1 Å². The molecule has 4 N–H and O–H groups in total. The van der Waals surface area contributed by atoms with Crippen molar-refractivity contribution in [1.29, 1.82) is 0 Å². The van der Waals surface area contributed by atoms with Crippen molar-refractivity contribution in [3.8, 4) is 0 Å². The maximum atomic E-state index is 10.9. The zero-order valence-electron chi connectivity index (χ0n) is 8.40. The molecular formula is C9H17N3O2. The van der Waals surface area contributed by atoms with Gasteiger partial charge in [0.25, 0.3) is 0 Å². The van der Waals surface area contributed by atoms with Gasteiger partial charge in [-0.15, -0.1) is 0 Å². The van der Waals surface area contributed by atoms with Crippen molar-refractivity contribution in [3.05, 3.63) is 12.2 Å². The van der Waals surface area contributed by atoms with E-state index in [9.17, 15) is 4.79 Å². The Bertz CT molecular complexity index is 220. The largest absolute Gasteiger partial charge is 0.464 e. The third kappa shape index (κ3) is 8.58. The first kappa shape index (κ1) is 12.5. The third-order valence-corrected chi connectivity index (χ3v) is 1.34. The number of hydrogen-bond donors (Lipinski definition) is 2. The highest BCUT2D eigenvalue weighted by Crippen LogP contribution is 1.89. The zero-order valence-corrected chi connectivity index (χ0v) is 8.40. The molecule has 0 spiro atoms. The Hall–Kier alpha value is -1.52. The van der Waals surface area contributed by atoms with E-state index in [0.717, 1.165) is 12.8 Å². The minimum atomic E-state index is -0.414. The summed E-state index contributed by atoms with van der Waals surface area (Å²) in [6.45, 7) is 2.30. The molecule has 0 rings (SSSR count). The summed E-state index contributed by atoms with van der Waals surface area (Å²) in [5.74, 6) is -0.517. The predicted molar refractivity (Wildman–Crippen MR) is 55.7 cm³/mol. The van der Waals surface area contributed by atoms with Crippen LogP contribution in [0.5, 0.6) is 0 Å². The second-order valence-corrected chi connectivity index (χ2v) is 2.63. The Balaban J connectivity index is 3.45. The number of aliphatic imine (C=N–C) groups is 1. The number of carbonyl (C=O) groups is 1. The average Bonchev–Trinajstić information content (AvgIpc) is 2.14. The summed E-state index contributed by atoms with van der Waals surface area (Å²) < 4.78 is 4.83. The molecule has 0 aliphatic heterocycles. The summed E-state index contributed by atoms with van der Waals surface area (Å²) in [6.07, 6.45) is 5.70. The Morgan fingerprint density at radius 1 is 1.43 bits per heavy atom. The van der Waals surface area contributed by atoms with E-state index in [2.05, 4.69) is 4.99 Å². The molecule has 0 aliphatic rings. The Labute approximate surface area is 83.8 Å². The summed E-state index contributed by atoms with van der Waals surface area (Å²) in [6, 6.07) is 0. The maximum Gasteiger partial charge on any atom is 0.327 e. The Kier molecular flexibility index (Phi) is 7.22. The lowest BCUT2D eigenvalue weighted by molar-refractivity contribution is -0.141. The average molecular weight is 199 g/mol. The van der Waals surface area contributed by atoms with Crippen molar-refractivity contribution in [2.45, 2.75) is 19.8 Å². The van der Waals surface area contributed by atoms with Gasteiger partial charge in [0.05, 0.1) is 6.61 Å². The van der Waals surface area contributed by atoms with E-state index in [4.69, 9.17) is 16.2 Å². The first-order valence-electron chi connectivity index (χ1n) is 4.52. The fraction of sp³-hybridized carbons (Fsp3) is 0.556. The van der Waals surface area contributed by atoms with Gasteiger partial charge < -0.3 is 16.2 Å². The highest BCUT2D eigenvalue weighted by atomic mass is 16.5. The molecule has 5 nitrogen and oxygen atoms in total. The van der Waals surface area contributed by atoms with Crippen LogP contribution >= 0.6 is 0 Å². The molecule has 80 valence electrons. The second-order valence-electron chi connectivity index (χ2n) is 2.63. The molecule has 0 unspecified atom stereocenters. The molecule has 0 heterocycles. The number of hydrogen-bond acceptors (Lipinski definition) is 3. The lowest BCUT2D eigenvalue weighted by Crippen LogP contribution is -2.24. The van der Waals surface area contributed by atoms with E-state index in [1.54, 1.807) is 0 Å². The molecule has 0 aliphatic carbocycles.